The summed E-state index contributed by atoms with van der Waals surface area (Å²) in [6.45, 7) is 2.57. The minimum Gasteiger partial charge on any atom is -0.377 e. The van der Waals surface area contributed by atoms with E-state index >= 15 is 0 Å². The SMILES string of the molecule is COC(CNc1cn(C)nc1C)OC. The standard InChI is InChI=1S/C9H17N3O2/c1-7-8(6-12(2)11-7)10-5-9(13-3)14-4/h6,9-10H,5H2,1-4H3. The largest absolute Gasteiger partial charge is 0.377 e. The Balaban J connectivity index is 2.48. The molecule has 1 aromatic rings. The van der Waals surface area contributed by atoms with Crippen LogP contribution >= 0.6 is 0 Å². The lowest BCUT2D eigenvalue weighted by molar-refractivity contribution is -0.0914. The molecule has 0 aliphatic carbocycles. The van der Waals surface area contributed by atoms with Gasteiger partial charge in [-0.1, -0.05) is 0 Å². The monoisotopic (exact) mass is 199 g/mol. The van der Waals surface area contributed by atoms with Crippen LogP contribution in [0.25, 0.3) is 0 Å². The molecule has 0 radical (unpaired) electrons. The molecule has 0 fully saturated rings. The lowest BCUT2D eigenvalue weighted by Gasteiger charge is -2.14. The number of nitrogens with one attached hydrogen (secondary N) is 1. The molecule has 0 saturated carbocycles. The van der Waals surface area contributed by atoms with Crippen LogP contribution in [0.5, 0.6) is 0 Å². The number of anilines is 1. The fraction of sp³-hybridized carbons (Fsp3) is 0.667. The minimum absolute atomic E-state index is 0.227. The highest BCUT2D eigenvalue weighted by Gasteiger charge is 2.07. The van der Waals surface area contributed by atoms with Crippen molar-refractivity contribution in [2.24, 2.45) is 7.05 Å². The molecule has 0 unspecified atom stereocenters. The van der Waals surface area contributed by atoms with Gasteiger partial charge < -0.3 is 14.8 Å². The lowest BCUT2D eigenvalue weighted by atomic mass is 10.4. The maximum atomic E-state index is 5.06. The van der Waals surface area contributed by atoms with Crippen LogP contribution in [0, 0.1) is 6.92 Å². The predicted molar refractivity (Wildman–Crippen MR) is 54.2 cm³/mol. The van der Waals surface area contributed by atoms with Crippen LogP contribution in [0.2, 0.25) is 0 Å². The van der Waals surface area contributed by atoms with Gasteiger partial charge in [0.15, 0.2) is 6.29 Å². The molecule has 0 bridgehead atoms. The Labute approximate surface area is 84.0 Å². The summed E-state index contributed by atoms with van der Waals surface area (Å²) in [6.07, 6.45) is 1.70. The summed E-state index contributed by atoms with van der Waals surface area (Å²) in [5.74, 6) is 0. The first-order valence-electron chi connectivity index (χ1n) is 4.47. The summed E-state index contributed by atoms with van der Waals surface area (Å²) >= 11 is 0. The van der Waals surface area contributed by atoms with Crippen molar-refractivity contribution in [3.63, 3.8) is 0 Å². The van der Waals surface area contributed by atoms with Crippen LogP contribution in [0.1, 0.15) is 5.69 Å². The second kappa shape index (κ2) is 4.97. The average Bonchev–Trinajstić information content (AvgIpc) is 2.47. The highest BCUT2D eigenvalue weighted by molar-refractivity contribution is 5.45. The van der Waals surface area contributed by atoms with Gasteiger partial charge in [0.1, 0.15) is 0 Å². The van der Waals surface area contributed by atoms with E-state index in [2.05, 4.69) is 10.4 Å². The van der Waals surface area contributed by atoms with Gasteiger partial charge in [-0.25, -0.2) is 0 Å². The van der Waals surface area contributed by atoms with Gasteiger partial charge in [-0.15, -0.1) is 0 Å². The highest BCUT2D eigenvalue weighted by atomic mass is 16.7. The molecule has 5 nitrogen and oxygen atoms in total. The third-order valence-electron chi connectivity index (χ3n) is 2.00. The first-order valence-corrected chi connectivity index (χ1v) is 4.47. The summed E-state index contributed by atoms with van der Waals surface area (Å²) in [5.41, 5.74) is 1.98. The number of hydrogen-bond donors (Lipinski definition) is 1. The van der Waals surface area contributed by atoms with E-state index in [0.29, 0.717) is 6.54 Å². The molecular weight excluding hydrogens is 182 g/mol. The normalized spacial score (nSPS) is 10.9. The summed E-state index contributed by atoms with van der Waals surface area (Å²) < 4.78 is 11.9. The van der Waals surface area contributed by atoms with E-state index in [-0.39, 0.29) is 6.29 Å². The van der Waals surface area contributed by atoms with Crippen molar-refractivity contribution in [3.8, 4) is 0 Å². The Morgan fingerprint density at radius 3 is 2.57 bits per heavy atom. The third-order valence-corrected chi connectivity index (χ3v) is 2.00. The number of ether oxygens (including phenoxy) is 2. The number of aryl methyl sites for hydroxylation is 2. The topological polar surface area (TPSA) is 48.3 Å². The number of rotatable bonds is 5. The van der Waals surface area contributed by atoms with Gasteiger partial charge in [-0.05, 0) is 6.92 Å². The van der Waals surface area contributed by atoms with E-state index in [0.717, 1.165) is 11.4 Å². The van der Waals surface area contributed by atoms with Crippen molar-refractivity contribution >= 4 is 5.69 Å². The van der Waals surface area contributed by atoms with Gasteiger partial charge in [0.25, 0.3) is 0 Å². The van der Waals surface area contributed by atoms with Gasteiger partial charge in [-0.2, -0.15) is 5.10 Å². The van der Waals surface area contributed by atoms with Gasteiger partial charge in [0.05, 0.1) is 17.9 Å². The molecule has 5 heteroatoms. The molecule has 1 rings (SSSR count). The molecule has 14 heavy (non-hydrogen) atoms. The first-order chi connectivity index (χ1) is 6.67. The molecule has 1 N–H and O–H groups in total. The predicted octanol–water partition coefficient (Wildman–Crippen LogP) is 0.759. The van der Waals surface area contributed by atoms with Crippen molar-refractivity contribution < 1.29 is 9.47 Å². The van der Waals surface area contributed by atoms with Crippen LogP contribution in [-0.2, 0) is 16.5 Å². The lowest BCUT2D eigenvalue weighted by Crippen LogP contribution is -2.23. The Morgan fingerprint density at radius 1 is 1.50 bits per heavy atom. The minimum atomic E-state index is -0.227. The molecule has 0 amide bonds. The molecule has 0 aliphatic heterocycles. The quantitative estimate of drug-likeness (QED) is 0.711. The average molecular weight is 199 g/mol. The van der Waals surface area contributed by atoms with Crippen LogP contribution in [-0.4, -0.2) is 36.8 Å². The Bertz CT molecular complexity index is 282. The van der Waals surface area contributed by atoms with E-state index in [4.69, 9.17) is 9.47 Å². The van der Waals surface area contributed by atoms with Crippen molar-refractivity contribution in [3.05, 3.63) is 11.9 Å². The van der Waals surface area contributed by atoms with Gasteiger partial charge >= 0.3 is 0 Å². The summed E-state index contributed by atoms with van der Waals surface area (Å²) in [6, 6.07) is 0. The van der Waals surface area contributed by atoms with E-state index in [1.165, 1.54) is 0 Å². The van der Waals surface area contributed by atoms with E-state index in [1.807, 2.05) is 20.2 Å². The van der Waals surface area contributed by atoms with Crippen LogP contribution in [0.3, 0.4) is 0 Å². The highest BCUT2D eigenvalue weighted by Crippen LogP contribution is 2.11. The van der Waals surface area contributed by atoms with E-state index < -0.39 is 0 Å². The fourth-order valence-electron chi connectivity index (χ4n) is 1.23. The second-order valence-electron chi connectivity index (χ2n) is 3.08. The molecule has 0 aromatic carbocycles. The molecule has 0 spiro atoms. The molecular formula is C9H17N3O2. The second-order valence-corrected chi connectivity index (χ2v) is 3.08. The van der Waals surface area contributed by atoms with E-state index in [9.17, 15) is 0 Å². The maximum absolute atomic E-state index is 5.06. The van der Waals surface area contributed by atoms with Crippen LogP contribution < -0.4 is 5.32 Å². The summed E-state index contributed by atoms with van der Waals surface area (Å²) in [4.78, 5) is 0. The smallest absolute Gasteiger partial charge is 0.173 e. The van der Waals surface area contributed by atoms with Crippen molar-refractivity contribution in [1.29, 1.82) is 0 Å². The van der Waals surface area contributed by atoms with Gasteiger partial charge in [0, 0.05) is 27.5 Å². The Hall–Kier alpha value is -1.07. The maximum Gasteiger partial charge on any atom is 0.173 e. The molecule has 80 valence electrons. The molecule has 0 atom stereocenters. The van der Waals surface area contributed by atoms with Crippen LogP contribution in [0.15, 0.2) is 6.20 Å². The van der Waals surface area contributed by atoms with Crippen LogP contribution in [0.4, 0.5) is 5.69 Å². The molecule has 1 heterocycles. The zero-order valence-corrected chi connectivity index (χ0v) is 9.07. The summed E-state index contributed by atoms with van der Waals surface area (Å²) in [7, 11) is 5.13. The number of nitrogens with zero attached hydrogens (tertiary/aromatic N) is 2. The number of methoxy groups -OCH3 is 2. The van der Waals surface area contributed by atoms with Crippen molar-refractivity contribution in [2.45, 2.75) is 13.2 Å². The Kier molecular flexibility index (Phi) is 3.91. The molecule has 0 saturated heterocycles. The molecule has 1 aromatic heterocycles. The zero-order valence-electron chi connectivity index (χ0n) is 9.07. The zero-order chi connectivity index (χ0) is 10.6. The number of hydrogen-bond acceptors (Lipinski definition) is 4. The first kappa shape index (κ1) is 11.0. The van der Waals surface area contributed by atoms with Crippen molar-refractivity contribution in [1.82, 2.24) is 9.78 Å². The van der Waals surface area contributed by atoms with Gasteiger partial charge in [-0.3, -0.25) is 4.68 Å². The van der Waals surface area contributed by atoms with Crippen molar-refractivity contribution in [2.75, 3.05) is 26.1 Å². The number of aromatic nitrogens is 2. The summed E-state index contributed by atoms with van der Waals surface area (Å²) in [5, 5.41) is 7.42. The molecule has 0 aliphatic rings. The van der Waals surface area contributed by atoms with E-state index in [1.54, 1.807) is 18.9 Å². The fourth-order valence-corrected chi connectivity index (χ4v) is 1.23. The van der Waals surface area contributed by atoms with Gasteiger partial charge in [0.2, 0.25) is 0 Å². The Morgan fingerprint density at radius 2 is 2.14 bits per heavy atom. The third kappa shape index (κ3) is 2.71.